The van der Waals surface area contributed by atoms with Crippen molar-refractivity contribution >= 4 is 29.1 Å². The summed E-state index contributed by atoms with van der Waals surface area (Å²) in [6.07, 6.45) is -4.94. The predicted molar refractivity (Wildman–Crippen MR) is 117 cm³/mol. The molecule has 2 aromatic carbocycles. The molecule has 1 unspecified atom stereocenters. The summed E-state index contributed by atoms with van der Waals surface area (Å²) in [5.41, 5.74) is 0.236. The Morgan fingerprint density at radius 3 is 2.39 bits per heavy atom. The van der Waals surface area contributed by atoms with Gasteiger partial charge in [0.15, 0.2) is 0 Å². The SMILES string of the molecule is C[Si](C)(C)CCOCn1nnc2cc(S(=O)(=O)NC(c3ccc(F)cc3)C(F)(F)F)ccc21. The van der Waals surface area contributed by atoms with Crippen LogP contribution in [0.1, 0.15) is 11.6 Å². The summed E-state index contributed by atoms with van der Waals surface area (Å²) in [5.74, 6) is -0.736. The maximum atomic E-state index is 13.6. The molecule has 0 aliphatic rings. The molecular weight excluding hydrogens is 480 g/mol. The van der Waals surface area contributed by atoms with Crippen LogP contribution in [0.15, 0.2) is 47.4 Å². The number of hydrogen-bond donors (Lipinski definition) is 1. The van der Waals surface area contributed by atoms with Crippen LogP contribution in [-0.2, 0) is 21.5 Å². The second kappa shape index (κ2) is 9.48. The molecule has 3 aromatic rings. The van der Waals surface area contributed by atoms with E-state index in [0.717, 1.165) is 36.4 Å². The molecular formula is C20H24F4N4O3SSi. The van der Waals surface area contributed by atoms with Gasteiger partial charge in [0.25, 0.3) is 0 Å². The lowest BCUT2D eigenvalue weighted by molar-refractivity contribution is -0.153. The van der Waals surface area contributed by atoms with E-state index in [1.807, 2.05) is 0 Å². The quantitative estimate of drug-likeness (QED) is 0.264. The zero-order valence-corrected chi connectivity index (χ0v) is 20.0. The van der Waals surface area contributed by atoms with E-state index >= 15 is 0 Å². The van der Waals surface area contributed by atoms with Gasteiger partial charge in [0.2, 0.25) is 10.0 Å². The highest BCUT2D eigenvalue weighted by molar-refractivity contribution is 7.89. The van der Waals surface area contributed by atoms with Crippen LogP contribution in [0.2, 0.25) is 25.7 Å². The molecule has 0 saturated heterocycles. The molecule has 1 N–H and O–H groups in total. The fraction of sp³-hybridized carbons (Fsp3) is 0.400. The van der Waals surface area contributed by atoms with Crippen molar-refractivity contribution < 1.29 is 30.7 Å². The van der Waals surface area contributed by atoms with Crippen molar-refractivity contribution in [3.8, 4) is 0 Å². The average molecular weight is 505 g/mol. The first-order valence-electron chi connectivity index (χ1n) is 10.0. The van der Waals surface area contributed by atoms with Crippen molar-refractivity contribution in [3.63, 3.8) is 0 Å². The molecule has 0 saturated carbocycles. The number of aromatic nitrogens is 3. The molecule has 0 amide bonds. The Bertz CT molecular complexity index is 1210. The fourth-order valence-corrected chi connectivity index (χ4v) is 4.93. The normalized spacial score (nSPS) is 14.0. The molecule has 0 aliphatic carbocycles. The molecule has 0 fully saturated rings. The second-order valence-electron chi connectivity index (χ2n) is 8.73. The lowest BCUT2D eigenvalue weighted by Gasteiger charge is -2.22. The summed E-state index contributed by atoms with van der Waals surface area (Å²) >= 11 is 0. The number of rotatable bonds is 9. The highest BCUT2D eigenvalue weighted by atomic mass is 32.2. The molecule has 7 nitrogen and oxygen atoms in total. The third kappa shape index (κ3) is 6.59. The van der Waals surface area contributed by atoms with Gasteiger partial charge in [0.05, 0.1) is 10.4 Å². The number of benzene rings is 2. The molecule has 13 heteroatoms. The topological polar surface area (TPSA) is 86.1 Å². The van der Waals surface area contributed by atoms with Gasteiger partial charge >= 0.3 is 6.18 Å². The molecule has 1 aromatic heterocycles. The number of ether oxygens (including phenoxy) is 1. The van der Waals surface area contributed by atoms with E-state index in [2.05, 4.69) is 30.0 Å². The highest BCUT2D eigenvalue weighted by Crippen LogP contribution is 2.34. The van der Waals surface area contributed by atoms with Gasteiger partial charge in [-0.05, 0) is 41.9 Å². The van der Waals surface area contributed by atoms with Gasteiger partial charge in [0, 0.05) is 14.7 Å². The molecule has 0 radical (unpaired) electrons. The molecule has 1 heterocycles. The summed E-state index contributed by atoms with van der Waals surface area (Å²) in [6.45, 7) is 7.33. The number of fused-ring (bicyclic) bond motifs is 1. The summed E-state index contributed by atoms with van der Waals surface area (Å²) in [7, 11) is -5.85. The monoisotopic (exact) mass is 504 g/mol. The first kappa shape index (κ1) is 25.3. The molecule has 33 heavy (non-hydrogen) atoms. The largest absolute Gasteiger partial charge is 0.408 e. The minimum absolute atomic E-state index is 0.117. The first-order chi connectivity index (χ1) is 15.3. The van der Waals surface area contributed by atoms with Gasteiger partial charge in [-0.25, -0.2) is 17.5 Å². The first-order valence-corrected chi connectivity index (χ1v) is 15.2. The minimum Gasteiger partial charge on any atom is -0.359 e. The summed E-state index contributed by atoms with van der Waals surface area (Å²) in [6, 6.07) is 5.56. The third-order valence-corrected chi connectivity index (χ3v) is 7.93. The van der Waals surface area contributed by atoms with Gasteiger partial charge in [-0.15, -0.1) is 5.10 Å². The standard InChI is InChI=1S/C20H24F4N4O3SSi/c1-33(2,3)11-10-31-13-28-18-9-8-16(12-17(18)25-27-28)32(29,30)26-19(20(22,23)24)14-4-6-15(21)7-5-14/h4-9,12,19,26H,10-11,13H2,1-3H3. The van der Waals surface area contributed by atoms with E-state index in [-0.39, 0.29) is 12.2 Å². The van der Waals surface area contributed by atoms with E-state index < -0.39 is 46.6 Å². The number of halogens is 4. The minimum atomic E-state index is -4.94. The van der Waals surface area contributed by atoms with E-state index in [9.17, 15) is 26.0 Å². The zero-order valence-electron chi connectivity index (χ0n) is 18.2. The summed E-state index contributed by atoms with van der Waals surface area (Å²) in [5, 5.41) is 7.83. The van der Waals surface area contributed by atoms with Gasteiger partial charge in [-0.3, -0.25) is 0 Å². The Kier molecular flexibility index (Phi) is 7.26. The number of sulfonamides is 1. The van der Waals surface area contributed by atoms with Gasteiger partial charge in [-0.1, -0.05) is 37.0 Å². The van der Waals surface area contributed by atoms with Gasteiger partial charge in [0.1, 0.15) is 24.1 Å². The average Bonchev–Trinajstić information content (AvgIpc) is 3.11. The maximum absolute atomic E-state index is 13.6. The molecule has 0 aliphatic heterocycles. The second-order valence-corrected chi connectivity index (χ2v) is 16.1. The van der Waals surface area contributed by atoms with Crippen molar-refractivity contribution in [3.05, 3.63) is 53.8 Å². The van der Waals surface area contributed by atoms with Crippen molar-refractivity contribution in [2.75, 3.05) is 6.61 Å². The van der Waals surface area contributed by atoms with Crippen LogP contribution in [0, 0.1) is 5.82 Å². The number of nitrogens with zero attached hydrogens (tertiary/aromatic N) is 3. The van der Waals surface area contributed by atoms with Crippen LogP contribution >= 0.6 is 0 Å². The highest BCUT2D eigenvalue weighted by Gasteiger charge is 2.43. The van der Waals surface area contributed by atoms with Crippen molar-refractivity contribution in [1.82, 2.24) is 19.7 Å². The fourth-order valence-electron chi connectivity index (χ4n) is 2.95. The Morgan fingerprint density at radius 1 is 1.12 bits per heavy atom. The van der Waals surface area contributed by atoms with Crippen LogP contribution in [-0.4, -0.2) is 44.3 Å². The van der Waals surface area contributed by atoms with E-state index in [0.29, 0.717) is 12.1 Å². The van der Waals surface area contributed by atoms with E-state index in [1.165, 1.54) is 16.8 Å². The van der Waals surface area contributed by atoms with Crippen LogP contribution in [0.5, 0.6) is 0 Å². The molecule has 3 rings (SSSR count). The Labute approximate surface area is 189 Å². The van der Waals surface area contributed by atoms with E-state index in [4.69, 9.17) is 4.74 Å². The number of hydrogen-bond acceptors (Lipinski definition) is 5. The molecule has 0 bridgehead atoms. The van der Waals surface area contributed by atoms with Crippen LogP contribution in [0.4, 0.5) is 17.6 Å². The molecule has 180 valence electrons. The molecule has 0 spiro atoms. The Hall–Kier alpha value is -2.35. The smallest absolute Gasteiger partial charge is 0.359 e. The summed E-state index contributed by atoms with van der Waals surface area (Å²) < 4.78 is 88.0. The van der Waals surface area contributed by atoms with Crippen LogP contribution in [0.3, 0.4) is 0 Å². The van der Waals surface area contributed by atoms with E-state index in [1.54, 1.807) is 4.72 Å². The van der Waals surface area contributed by atoms with Crippen molar-refractivity contribution in [2.24, 2.45) is 0 Å². The number of nitrogens with one attached hydrogen (secondary N) is 1. The maximum Gasteiger partial charge on any atom is 0.408 e. The summed E-state index contributed by atoms with van der Waals surface area (Å²) in [4.78, 5) is -0.405. The van der Waals surface area contributed by atoms with Gasteiger partial charge in [-0.2, -0.15) is 17.9 Å². The van der Waals surface area contributed by atoms with Crippen molar-refractivity contribution in [2.45, 2.75) is 49.5 Å². The number of alkyl halides is 3. The van der Waals surface area contributed by atoms with Crippen LogP contribution < -0.4 is 4.72 Å². The Morgan fingerprint density at radius 2 is 1.79 bits per heavy atom. The Balaban J connectivity index is 1.80. The predicted octanol–water partition coefficient (Wildman–Crippen LogP) is 4.46. The lowest BCUT2D eigenvalue weighted by Crippen LogP contribution is -2.38. The zero-order chi connectivity index (χ0) is 24.4. The lowest BCUT2D eigenvalue weighted by atomic mass is 10.1. The molecule has 1 atom stereocenters. The van der Waals surface area contributed by atoms with Crippen molar-refractivity contribution in [1.29, 1.82) is 0 Å². The van der Waals surface area contributed by atoms with Gasteiger partial charge < -0.3 is 4.74 Å². The van der Waals surface area contributed by atoms with Crippen LogP contribution in [0.25, 0.3) is 11.0 Å². The third-order valence-electron chi connectivity index (χ3n) is 4.81.